The SMILES string of the molecule is CCOC(=O)/C(=C(/[O-])OCC)C(c1ccccc1)c1ccccc1. The van der Waals surface area contributed by atoms with Gasteiger partial charge in [0.15, 0.2) is 0 Å². The van der Waals surface area contributed by atoms with E-state index in [2.05, 4.69) is 0 Å². The Morgan fingerprint density at radius 1 is 0.875 bits per heavy atom. The molecule has 126 valence electrons. The summed E-state index contributed by atoms with van der Waals surface area (Å²) in [4.78, 5) is 12.5. The van der Waals surface area contributed by atoms with Gasteiger partial charge in [-0.3, -0.25) is 0 Å². The fraction of sp³-hybridized carbons (Fsp3) is 0.250. The standard InChI is InChI=1S/C20H22O4/c1-3-23-19(21)18(20(22)24-4-2)17(15-11-7-5-8-12-15)16-13-9-6-10-14-16/h5-14,17,21H,3-4H2,1-2H3/p-1/b19-18-. The zero-order chi connectivity index (χ0) is 17.4. The molecule has 0 saturated heterocycles. The summed E-state index contributed by atoms with van der Waals surface area (Å²) in [5, 5.41) is 12.5. The van der Waals surface area contributed by atoms with E-state index in [4.69, 9.17) is 9.47 Å². The van der Waals surface area contributed by atoms with E-state index in [1.165, 1.54) is 0 Å². The summed E-state index contributed by atoms with van der Waals surface area (Å²) in [5.74, 6) is -1.83. The van der Waals surface area contributed by atoms with Gasteiger partial charge in [-0.15, -0.1) is 0 Å². The van der Waals surface area contributed by atoms with E-state index in [0.717, 1.165) is 11.1 Å². The summed E-state index contributed by atoms with van der Waals surface area (Å²) < 4.78 is 10.2. The molecule has 0 bridgehead atoms. The molecule has 0 aliphatic rings. The largest absolute Gasteiger partial charge is 0.613 e. The Kier molecular flexibility index (Phi) is 6.43. The van der Waals surface area contributed by atoms with Gasteiger partial charge in [0.25, 0.3) is 0 Å². The van der Waals surface area contributed by atoms with Gasteiger partial charge < -0.3 is 14.6 Å². The summed E-state index contributed by atoms with van der Waals surface area (Å²) in [6, 6.07) is 18.8. The molecule has 0 amide bonds. The lowest BCUT2D eigenvalue weighted by molar-refractivity contribution is -0.358. The van der Waals surface area contributed by atoms with Gasteiger partial charge in [-0.25, -0.2) is 4.79 Å². The van der Waals surface area contributed by atoms with Gasteiger partial charge in [-0.2, -0.15) is 0 Å². The first-order valence-corrected chi connectivity index (χ1v) is 8.00. The summed E-state index contributed by atoms with van der Waals surface area (Å²) in [7, 11) is 0. The number of esters is 1. The Morgan fingerprint density at radius 3 is 1.75 bits per heavy atom. The Labute approximate surface area is 142 Å². The van der Waals surface area contributed by atoms with Crippen LogP contribution < -0.4 is 5.11 Å². The van der Waals surface area contributed by atoms with Crippen molar-refractivity contribution in [1.29, 1.82) is 0 Å². The fourth-order valence-corrected chi connectivity index (χ4v) is 2.55. The molecule has 0 aliphatic heterocycles. The zero-order valence-electron chi connectivity index (χ0n) is 13.9. The number of carbonyl (C=O) groups excluding carboxylic acids is 1. The zero-order valence-corrected chi connectivity index (χ0v) is 13.9. The minimum Gasteiger partial charge on any atom is -0.613 e. The molecule has 2 aromatic rings. The molecule has 0 saturated carbocycles. The van der Waals surface area contributed by atoms with Crippen LogP contribution in [0.2, 0.25) is 0 Å². The van der Waals surface area contributed by atoms with E-state index < -0.39 is 17.8 Å². The summed E-state index contributed by atoms with van der Waals surface area (Å²) in [5.41, 5.74) is 1.66. The summed E-state index contributed by atoms with van der Waals surface area (Å²) in [6.07, 6.45) is 0. The lowest BCUT2D eigenvalue weighted by atomic mass is 9.85. The predicted octanol–water partition coefficient (Wildman–Crippen LogP) is 2.99. The van der Waals surface area contributed by atoms with Crippen molar-refractivity contribution in [1.82, 2.24) is 0 Å². The molecule has 0 spiro atoms. The van der Waals surface area contributed by atoms with Crippen molar-refractivity contribution in [2.75, 3.05) is 13.2 Å². The molecule has 0 aliphatic carbocycles. The molecule has 0 fully saturated rings. The minimum absolute atomic E-state index is 0.00361. The van der Waals surface area contributed by atoms with Crippen molar-refractivity contribution in [3.05, 3.63) is 83.3 Å². The van der Waals surface area contributed by atoms with Gasteiger partial charge in [0.2, 0.25) is 0 Å². The molecule has 0 radical (unpaired) electrons. The Hall–Kier alpha value is -2.75. The molecule has 24 heavy (non-hydrogen) atoms. The molecule has 0 unspecified atom stereocenters. The second kappa shape index (κ2) is 8.77. The van der Waals surface area contributed by atoms with E-state index in [0.29, 0.717) is 0 Å². The van der Waals surface area contributed by atoms with Crippen LogP contribution in [0.3, 0.4) is 0 Å². The van der Waals surface area contributed by atoms with E-state index in [-0.39, 0.29) is 18.8 Å². The molecule has 4 nitrogen and oxygen atoms in total. The maximum atomic E-state index is 12.5. The van der Waals surface area contributed by atoms with E-state index >= 15 is 0 Å². The van der Waals surface area contributed by atoms with Crippen LogP contribution >= 0.6 is 0 Å². The van der Waals surface area contributed by atoms with E-state index in [1.54, 1.807) is 13.8 Å². The molecule has 4 heteroatoms. The minimum atomic E-state index is -0.645. The van der Waals surface area contributed by atoms with Crippen LogP contribution in [-0.4, -0.2) is 19.2 Å². The van der Waals surface area contributed by atoms with Gasteiger partial charge in [-0.1, -0.05) is 67.6 Å². The van der Waals surface area contributed by atoms with Crippen molar-refractivity contribution >= 4 is 5.97 Å². The van der Waals surface area contributed by atoms with Crippen LogP contribution in [0.15, 0.2) is 72.2 Å². The molecule has 2 rings (SSSR count). The molecule has 0 heterocycles. The van der Waals surface area contributed by atoms with Crippen LogP contribution in [0.4, 0.5) is 0 Å². The third kappa shape index (κ3) is 4.16. The number of ether oxygens (including phenoxy) is 2. The molecular weight excluding hydrogens is 304 g/mol. The maximum Gasteiger partial charge on any atom is 0.336 e. The average Bonchev–Trinajstić information content (AvgIpc) is 2.61. The first kappa shape index (κ1) is 17.6. The second-order valence-corrected chi connectivity index (χ2v) is 5.11. The third-order valence-electron chi connectivity index (χ3n) is 3.55. The highest BCUT2D eigenvalue weighted by Crippen LogP contribution is 2.33. The highest BCUT2D eigenvalue weighted by atomic mass is 16.6. The monoisotopic (exact) mass is 325 g/mol. The fourth-order valence-electron chi connectivity index (χ4n) is 2.55. The highest BCUT2D eigenvalue weighted by molar-refractivity contribution is 5.91. The molecule has 0 atom stereocenters. The number of carbonyl (C=O) groups is 1. The number of rotatable bonds is 7. The van der Waals surface area contributed by atoms with E-state index in [9.17, 15) is 9.90 Å². The van der Waals surface area contributed by atoms with E-state index in [1.807, 2.05) is 60.7 Å². The van der Waals surface area contributed by atoms with Crippen molar-refractivity contribution in [3.63, 3.8) is 0 Å². The predicted molar refractivity (Wildman–Crippen MR) is 90.0 cm³/mol. The lowest BCUT2D eigenvalue weighted by Crippen LogP contribution is -2.24. The smallest absolute Gasteiger partial charge is 0.336 e. The number of hydrogen-bond acceptors (Lipinski definition) is 4. The molecule has 0 N–H and O–H groups in total. The Bertz CT molecular complexity index is 638. The summed E-state index contributed by atoms with van der Waals surface area (Å²) >= 11 is 0. The first-order valence-electron chi connectivity index (χ1n) is 8.00. The number of hydrogen-bond donors (Lipinski definition) is 0. The number of benzene rings is 2. The van der Waals surface area contributed by atoms with Crippen LogP contribution in [0.1, 0.15) is 30.9 Å². The maximum absolute atomic E-state index is 12.5. The van der Waals surface area contributed by atoms with Crippen molar-refractivity contribution in [2.24, 2.45) is 0 Å². The molecular formula is C20H21O4-. The van der Waals surface area contributed by atoms with Gasteiger partial charge in [0.1, 0.15) is 0 Å². The van der Waals surface area contributed by atoms with Gasteiger partial charge in [0, 0.05) is 5.92 Å². The highest BCUT2D eigenvalue weighted by Gasteiger charge is 2.27. The van der Waals surface area contributed by atoms with Crippen LogP contribution in [0.25, 0.3) is 0 Å². The first-order chi connectivity index (χ1) is 11.7. The van der Waals surface area contributed by atoms with Gasteiger partial charge >= 0.3 is 5.97 Å². The Balaban J connectivity index is 2.61. The van der Waals surface area contributed by atoms with Crippen LogP contribution in [0.5, 0.6) is 0 Å². The molecule has 2 aromatic carbocycles. The quantitative estimate of drug-likeness (QED) is 0.446. The van der Waals surface area contributed by atoms with Crippen molar-refractivity contribution in [3.8, 4) is 0 Å². The normalized spacial score (nSPS) is 11.8. The third-order valence-corrected chi connectivity index (χ3v) is 3.55. The van der Waals surface area contributed by atoms with Gasteiger partial charge in [0.05, 0.1) is 18.1 Å². The Morgan fingerprint density at radius 2 is 1.33 bits per heavy atom. The van der Waals surface area contributed by atoms with Crippen molar-refractivity contribution < 1.29 is 19.4 Å². The topological polar surface area (TPSA) is 58.6 Å². The summed E-state index contributed by atoms with van der Waals surface area (Å²) in [6.45, 7) is 3.80. The van der Waals surface area contributed by atoms with Crippen LogP contribution in [-0.2, 0) is 14.3 Å². The lowest BCUT2D eigenvalue weighted by Gasteiger charge is -2.25. The average molecular weight is 325 g/mol. The second-order valence-electron chi connectivity index (χ2n) is 5.11. The van der Waals surface area contributed by atoms with Crippen LogP contribution in [0, 0.1) is 0 Å². The van der Waals surface area contributed by atoms with Gasteiger partial charge in [-0.05, 0) is 24.7 Å². The van der Waals surface area contributed by atoms with Crippen molar-refractivity contribution in [2.45, 2.75) is 19.8 Å². The molecule has 0 aromatic heterocycles.